The molecule has 0 aliphatic heterocycles. The molecule has 0 bridgehead atoms. The normalized spacial score (nSPS) is 51.0. The summed E-state index contributed by atoms with van der Waals surface area (Å²) in [4.78, 5) is 0. The average Bonchev–Trinajstić information content (AvgIpc) is 3.39. The third-order valence-electron chi connectivity index (χ3n) is 13.5. The van der Waals surface area contributed by atoms with E-state index in [4.69, 9.17) is 4.52 Å². The van der Waals surface area contributed by atoms with Gasteiger partial charge < -0.3 is 9.63 Å². The van der Waals surface area contributed by atoms with Crippen molar-refractivity contribution in [3.8, 4) is 0 Å². The molecule has 1 aromatic heterocycles. The second-order valence-corrected chi connectivity index (χ2v) is 14.8. The van der Waals surface area contributed by atoms with Crippen molar-refractivity contribution in [2.75, 3.05) is 6.61 Å². The fourth-order valence-corrected chi connectivity index (χ4v) is 11.8. The van der Waals surface area contributed by atoms with Crippen LogP contribution in [0.4, 0.5) is 0 Å². The SMILES string of the molecule is C=C(C)[C@@H]1CC[C@]2(CO)CC[C@]3(C)[C@H](CC[C@@H]4[C@@]5(C)Cc6cnoc6C(C)(C)[C@@H]5CC[C@]43C)[C@@H]12. The molecule has 1 heterocycles. The Bertz CT molecular complexity index is 1010. The number of allylic oxidation sites excluding steroid dienone is 1. The minimum absolute atomic E-state index is 0.0486. The highest BCUT2D eigenvalue weighted by atomic mass is 16.5. The molecule has 3 nitrogen and oxygen atoms in total. The average molecular weight is 466 g/mol. The van der Waals surface area contributed by atoms with E-state index in [1.54, 1.807) is 0 Å². The number of rotatable bonds is 2. The molecule has 0 spiro atoms. The number of aromatic nitrogens is 1. The van der Waals surface area contributed by atoms with E-state index in [-0.39, 0.29) is 16.2 Å². The zero-order valence-corrected chi connectivity index (χ0v) is 22.5. The summed E-state index contributed by atoms with van der Waals surface area (Å²) in [6.07, 6.45) is 13.3. The Morgan fingerprint density at radius 1 is 1.00 bits per heavy atom. The number of hydrogen-bond donors (Lipinski definition) is 1. The van der Waals surface area contributed by atoms with Gasteiger partial charge in [0.1, 0.15) is 5.76 Å². The van der Waals surface area contributed by atoms with Crippen LogP contribution in [0, 0.1) is 51.2 Å². The van der Waals surface area contributed by atoms with E-state index in [9.17, 15) is 5.11 Å². The summed E-state index contributed by atoms with van der Waals surface area (Å²) in [5.41, 5.74) is 3.88. The largest absolute Gasteiger partial charge is 0.396 e. The Morgan fingerprint density at radius 3 is 2.47 bits per heavy atom. The number of fused-ring (bicyclic) bond motifs is 8. The van der Waals surface area contributed by atoms with Gasteiger partial charge in [-0.25, -0.2) is 0 Å². The fourth-order valence-electron chi connectivity index (χ4n) is 11.8. The molecule has 5 aliphatic rings. The third kappa shape index (κ3) is 2.56. The van der Waals surface area contributed by atoms with Crippen molar-refractivity contribution < 1.29 is 9.63 Å². The summed E-state index contributed by atoms with van der Waals surface area (Å²) in [5, 5.41) is 15.0. The first-order valence-electron chi connectivity index (χ1n) is 14.1. The van der Waals surface area contributed by atoms with E-state index in [2.05, 4.69) is 53.3 Å². The van der Waals surface area contributed by atoms with Crippen molar-refractivity contribution >= 4 is 0 Å². The molecule has 5 aliphatic carbocycles. The van der Waals surface area contributed by atoms with E-state index < -0.39 is 0 Å². The minimum Gasteiger partial charge on any atom is -0.396 e. The zero-order valence-electron chi connectivity index (χ0n) is 22.5. The van der Waals surface area contributed by atoms with Crippen molar-refractivity contribution in [1.82, 2.24) is 5.16 Å². The summed E-state index contributed by atoms with van der Waals surface area (Å²) in [7, 11) is 0. The first kappa shape index (κ1) is 23.3. The highest BCUT2D eigenvalue weighted by Crippen LogP contribution is 2.77. The number of aliphatic hydroxyl groups excluding tert-OH is 1. The van der Waals surface area contributed by atoms with Gasteiger partial charge in [0, 0.05) is 17.6 Å². The first-order valence-corrected chi connectivity index (χ1v) is 14.1. The number of aliphatic hydroxyl groups is 1. The van der Waals surface area contributed by atoms with Gasteiger partial charge in [-0.1, -0.05) is 51.9 Å². The zero-order chi connectivity index (χ0) is 24.3. The van der Waals surface area contributed by atoms with Crippen LogP contribution in [0.2, 0.25) is 0 Å². The van der Waals surface area contributed by atoms with E-state index >= 15 is 0 Å². The third-order valence-corrected chi connectivity index (χ3v) is 13.5. The van der Waals surface area contributed by atoms with Crippen LogP contribution < -0.4 is 0 Å². The molecule has 0 saturated heterocycles. The van der Waals surface area contributed by atoms with Crippen LogP contribution in [0.25, 0.3) is 0 Å². The molecule has 0 unspecified atom stereocenters. The Balaban J connectivity index is 1.43. The van der Waals surface area contributed by atoms with Crippen molar-refractivity contribution in [3.63, 3.8) is 0 Å². The van der Waals surface area contributed by atoms with E-state index in [1.165, 1.54) is 62.5 Å². The minimum atomic E-state index is 0.0486. The fraction of sp³-hybridized carbons (Fsp3) is 0.839. The van der Waals surface area contributed by atoms with Gasteiger partial charge >= 0.3 is 0 Å². The molecule has 6 rings (SSSR count). The summed E-state index contributed by atoms with van der Waals surface area (Å²) >= 11 is 0. The molecule has 0 aromatic carbocycles. The lowest BCUT2D eigenvalue weighted by molar-refractivity contribution is -0.229. The molecule has 3 heteroatoms. The molecule has 4 fully saturated rings. The second kappa shape index (κ2) is 7.02. The predicted molar refractivity (Wildman–Crippen MR) is 136 cm³/mol. The quantitative estimate of drug-likeness (QED) is 0.465. The molecular weight excluding hydrogens is 418 g/mol. The van der Waals surface area contributed by atoms with Gasteiger partial charge in [-0.2, -0.15) is 0 Å². The molecule has 4 saturated carbocycles. The number of hydrogen-bond acceptors (Lipinski definition) is 3. The first-order chi connectivity index (χ1) is 15.9. The van der Waals surface area contributed by atoms with Gasteiger partial charge in [0.2, 0.25) is 0 Å². The van der Waals surface area contributed by atoms with Gasteiger partial charge in [-0.15, -0.1) is 0 Å². The Kier molecular flexibility index (Phi) is 4.81. The Labute approximate surface area is 207 Å². The van der Waals surface area contributed by atoms with Crippen molar-refractivity contribution in [2.45, 2.75) is 105 Å². The molecule has 0 radical (unpaired) electrons. The standard InChI is InChI=1S/C31H47NO2/c1-19(2)21-10-13-31(18-33)15-14-29(6)22(25(21)31)8-9-24-28(5)16-20-17-32-34-26(20)27(3,4)23(28)11-12-30(24,29)7/h17,21-25,33H,1,8-16,18H2,2-7H3/t21-,22+,23-,24+,25+,28-,29+,30+,31+/m0/s1. The van der Waals surface area contributed by atoms with Gasteiger partial charge in [0.25, 0.3) is 0 Å². The molecular formula is C31H47NO2. The summed E-state index contributed by atoms with van der Waals surface area (Å²) in [6.45, 7) is 19.9. The van der Waals surface area contributed by atoms with E-state index in [0.29, 0.717) is 41.1 Å². The van der Waals surface area contributed by atoms with Crippen LogP contribution in [-0.4, -0.2) is 16.9 Å². The van der Waals surface area contributed by atoms with Gasteiger partial charge in [0.05, 0.1) is 6.20 Å². The van der Waals surface area contributed by atoms with Gasteiger partial charge in [-0.05, 0) is 116 Å². The lowest BCUT2D eigenvalue weighted by Gasteiger charge is -2.72. The molecule has 1 aromatic rings. The molecule has 9 atom stereocenters. The van der Waals surface area contributed by atoms with Crippen LogP contribution in [0.1, 0.15) is 104 Å². The highest BCUT2D eigenvalue weighted by Gasteiger charge is 2.70. The monoisotopic (exact) mass is 465 g/mol. The maximum Gasteiger partial charge on any atom is 0.145 e. The molecule has 188 valence electrons. The highest BCUT2D eigenvalue weighted by molar-refractivity contribution is 5.32. The van der Waals surface area contributed by atoms with Gasteiger partial charge in [0.15, 0.2) is 0 Å². The lowest BCUT2D eigenvalue weighted by atomic mass is 9.32. The van der Waals surface area contributed by atoms with E-state index in [1.807, 2.05) is 6.20 Å². The summed E-state index contributed by atoms with van der Waals surface area (Å²) < 4.78 is 5.86. The lowest BCUT2D eigenvalue weighted by Crippen LogP contribution is -2.66. The maximum absolute atomic E-state index is 10.7. The Hall–Kier alpha value is -1.09. The predicted octanol–water partition coefficient (Wildman–Crippen LogP) is 7.34. The summed E-state index contributed by atoms with van der Waals surface area (Å²) in [6, 6.07) is 0. The van der Waals surface area contributed by atoms with Crippen molar-refractivity contribution in [3.05, 3.63) is 29.7 Å². The van der Waals surface area contributed by atoms with Crippen LogP contribution in [0.5, 0.6) is 0 Å². The molecule has 1 N–H and O–H groups in total. The van der Waals surface area contributed by atoms with Crippen molar-refractivity contribution in [2.24, 2.45) is 51.2 Å². The maximum atomic E-state index is 10.7. The molecule has 0 amide bonds. The topological polar surface area (TPSA) is 46.3 Å². The summed E-state index contributed by atoms with van der Waals surface area (Å²) in [5.74, 6) is 4.45. The van der Waals surface area contributed by atoms with Crippen LogP contribution in [-0.2, 0) is 11.8 Å². The molecule has 34 heavy (non-hydrogen) atoms. The van der Waals surface area contributed by atoms with Crippen LogP contribution in [0.15, 0.2) is 22.9 Å². The Morgan fingerprint density at radius 2 is 1.76 bits per heavy atom. The number of nitrogens with zero attached hydrogens (tertiary/aromatic N) is 1. The second-order valence-electron chi connectivity index (χ2n) is 14.8. The van der Waals surface area contributed by atoms with Crippen LogP contribution in [0.3, 0.4) is 0 Å². The van der Waals surface area contributed by atoms with Gasteiger partial charge in [-0.3, -0.25) is 0 Å². The van der Waals surface area contributed by atoms with Crippen molar-refractivity contribution in [1.29, 1.82) is 0 Å². The van der Waals surface area contributed by atoms with Crippen LogP contribution >= 0.6 is 0 Å². The van der Waals surface area contributed by atoms with E-state index in [0.717, 1.165) is 18.1 Å². The smallest absolute Gasteiger partial charge is 0.145 e.